The standard InChI is InChI=1S/C28H21Cl2N3O4/c29-21-11-20(12-22(30)14-21)23-15-24(26-13-19-3-1-2-4-25(19)37-26)33(32-23)16-17-5-7-18(8-6-17)28(36)31-10-9-27(34)35/h1-8,11-15H,9-10,16H2,(H,31,36)(H,34,35). The largest absolute Gasteiger partial charge is 0.481 e. The van der Waals surface area contributed by atoms with E-state index in [1.165, 1.54) is 0 Å². The second kappa shape index (κ2) is 10.5. The number of hydrogen-bond acceptors (Lipinski definition) is 4. The number of amides is 1. The smallest absolute Gasteiger partial charge is 0.305 e. The average Bonchev–Trinajstić information content (AvgIpc) is 3.48. The molecule has 37 heavy (non-hydrogen) atoms. The van der Waals surface area contributed by atoms with Crippen LogP contribution in [0.25, 0.3) is 33.7 Å². The number of fused-ring (bicyclic) bond motifs is 1. The van der Waals surface area contributed by atoms with Crippen molar-refractivity contribution in [1.82, 2.24) is 15.1 Å². The molecule has 0 fully saturated rings. The van der Waals surface area contributed by atoms with E-state index in [1.807, 2.05) is 53.2 Å². The maximum atomic E-state index is 12.3. The number of carbonyl (C=O) groups excluding carboxylic acids is 1. The molecule has 9 heteroatoms. The number of rotatable bonds is 8. The maximum absolute atomic E-state index is 12.3. The van der Waals surface area contributed by atoms with Gasteiger partial charge in [0.25, 0.3) is 5.91 Å². The van der Waals surface area contributed by atoms with E-state index in [2.05, 4.69) is 5.32 Å². The number of nitrogens with one attached hydrogen (secondary N) is 1. The third-order valence-corrected chi connectivity index (χ3v) is 6.23. The molecule has 0 atom stereocenters. The Labute approximate surface area is 222 Å². The summed E-state index contributed by atoms with van der Waals surface area (Å²) >= 11 is 12.5. The number of benzene rings is 3. The summed E-state index contributed by atoms with van der Waals surface area (Å²) < 4.78 is 7.96. The van der Waals surface area contributed by atoms with Crippen LogP contribution in [0.4, 0.5) is 0 Å². The minimum atomic E-state index is -0.963. The predicted octanol–water partition coefficient (Wildman–Crippen LogP) is 6.52. The van der Waals surface area contributed by atoms with Gasteiger partial charge >= 0.3 is 5.97 Å². The molecule has 1 amide bonds. The number of carboxylic acids is 1. The van der Waals surface area contributed by atoms with E-state index in [0.717, 1.165) is 27.8 Å². The predicted molar refractivity (Wildman–Crippen MR) is 143 cm³/mol. The quantitative estimate of drug-likeness (QED) is 0.236. The van der Waals surface area contributed by atoms with Crippen LogP contribution in [0.2, 0.25) is 10.0 Å². The summed E-state index contributed by atoms with van der Waals surface area (Å²) in [6.07, 6.45) is -0.131. The van der Waals surface area contributed by atoms with Gasteiger partial charge in [-0.1, -0.05) is 53.5 Å². The molecule has 2 heterocycles. The Morgan fingerprint density at radius 3 is 2.38 bits per heavy atom. The van der Waals surface area contributed by atoms with Gasteiger partial charge in [-0.25, -0.2) is 0 Å². The molecule has 2 aromatic heterocycles. The fourth-order valence-electron chi connectivity index (χ4n) is 4.01. The van der Waals surface area contributed by atoms with Gasteiger partial charge < -0.3 is 14.8 Å². The van der Waals surface area contributed by atoms with Crippen molar-refractivity contribution in [2.75, 3.05) is 6.54 Å². The average molecular weight is 534 g/mol. The van der Waals surface area contributed by atoms with Crippen molar-refractivity contribution in [3.05, 3.63) is 100 Å². The zero-order valence-electron chi connectivity index (χ0n) is 19.4. The molecule has 5 rings (SSSR count). The first kappa shape index (κ1) is 24.6. The Kier molecular flexibility index (Phi) is 6.99. The molecule has 2 N–H and O–H groups in total. The fraction of sp³-hybridized carbons (Fsp3) is 0.107. The van der Waals surface area contributed by atoms with Crippen LogP contribution < -0.4 is 5.32 Å². The SMILES string of the molecule is O=C(O)CCNC(=O)c1ccc(Cn2nc(-c3cc(Cl)cc(Cl)c3)cc2-c2cc3ccccc3o2)cc1. The van der Waals surface area contributed by atoms with Crippen LogP contribution in [0.5, 0.6) is 0 Å². The molecule has 7 nitrogen and oxygen atoms in total. The topological polar surface area (TPSA) is 97.4 Å². The number of hydrogen-bond donors (Lipinski definition) is 2. The lowest BCUT2D eigenvalue weighted by Gasteiger charge is -2.08. The van der Waals surface area contributed by atoms with Gasteiger partial charge in [-0.2, -0.15) is 5.10 Å². The highest BCUT2D eigenvalue weighted by atomic mass is 35.5. The molecule has 0 aliphatic carbocycles. The summed E-state index contributed by atoms with van der Waals surface area (Å²) in [5, 5.41) is 18.2. The summed E-state index contributed by atoms with van der Waals surface area (Å²) in [6.45, 7) is 0.488. The summed E-state index contributed by atoms with van der Waals surface area (Å²) in [7, 11) is 0. The van der Waals surface area contributed by atoms with E-state index in [-0.39, 0.29) is 18.9 Å². The molecule has 0 spiro atoms. The van der Waals surface area contributed by atoms with E-state index in [1.54, 1.807) is 30.3 Å². The Bertz CT molecular complexity index is 1550. The second-order valence-corrected chi connectivity index (χ2v) is 9.35. The number of aromatic nitrogens is 2. The Morgan fingerprint density at radius 2 is 1.68 bits per heavy atom. The summed E-state index contributed by atoms with van der Waals surface area (Å²) in [5.41, 5.74) is 4.38. The molecule has 0 unspecified atom stereocenters. The maximum Gasteiger partial charge on any atom is 0.305 e. The molecular weight excluding hydrogens is 513 g/mol. The number of para-hydroxylation sites is 1. The molecule has 5 aromatic rings. The minimum absolute atomic E-state index is 0.0698. The number of aliphatic carboxylic acids is 1. The van der Waals surface area contributed by atoms with E-state index in [0.29, 0.717) is 33.6 Å². The highest BCUT2D eigenvalue weighted by Crippen LogP contribution is 2.33. The molecule has 186 valence electrons. The molecule has 0 aliphatic rings. The van der Waals surface area contributed by atoms with E-state index < -0.39 is 5.97 Å². The fourth-order valence-corrected chi connectivity index (χ4v) is 4.53. The van der Waals surface area contributed by atoms with Crippen molar-refractivity contribution in [3.8, 4) is 22.7 Å². The van der Waals surface area contributed by atoms with Gasteiger partial charge in [0.2, 0.25) is 0 Å². The number of halogens is 2. The molecule has 0 aliphatic heterocycles. The molecule has 3 aromatic carbocycles. The van der Waals surface area contributed by atoms with Gasteiger partial charge in [0.1, 0.15) is 11.3 Å². The van der Waals surface area contributed by atoms with Crippen LogP contribution in [0.1, 0.15) is 22.3 Å². The molecule has 0 saturated heterocycles. The van der Waals surface area contributed by atoms with Crippen LogP contribution in [-0.2, 0) is 11.3 Å². The number of furan rings is 1. The van der Waals surface area contributed by atoms with Crippen molar-refractivity contribution in [2.24, 2.45) is 0 Å². The third-order valence-electron chi connectivity index (χ3n) is 5.79. The molecule has 0 radical (unpaired) electrons. The lowest BCUT2D eigenvalue weighted by Crippen LogP contribution is -2.25. The molecule has 0 bridgehead atoms. The summed E-state index contributed by atoms with van der Waals surface area (Å²) in [4.78, 5) is 22.9. The van der Waals surface area contributed by atoms with Crippen molar-refractivity contribution >= 4 is 46.0 Å². The van der Waals surface area contributed by atoms with Crippen LogP contribution in [0.3, 0.4) is 0 Å². The van der Waals surface area contributed by atoms with Crippen molar-refractivity contribution in [1.29, 1.82) is 0 Å². The Morgan fingerprint density at radius 1 is 0.946 bits per heavy atom. The highest BCUT2D eigenvalue weighted by Gasteiger charge is 2.17. The number of nitrogens with zero attached hydrogens (tertiary/aromatic N) is 2. The molecule has 0 saturated carbocycles. The van der Waals surface area contributed by atoms with Crippen molar-refractivity contribution < 1.29 is 19.1 Å². The first-order valence-corrected chi connectivity index (χ1v) is 12.2. The van der Waals surface area contributed by atoms with E-state index in [9.17, 15) is 9.59 Å². The lowest BCUT2D eigenvalue weighted by atomic mass is 10.1. The lowest BCUT2D eigenvalue weighted by molar-refractivity contribution is -0.136. The molecular formula is C28H21Cl2N3O4. The van der Waals surface area contributed by atoms with Crippen LogP contribution >= 0.6 is 23.2 Å². The van der Waals surface area contributed by atoms with Gasteiger partial charge in [0, 0.05) is 33.1 Å². The highest BCUT2D eigenvalue weighted by molar-refractivity contribution is 6.35. The monoisotopic (exact) mass is 533 g/mol. The summed E-state index contributed by atoms with van der Waals surface area (Å²) in [6, 6.07) is 24.1. The minimum Gasteiger partial charge on any atom is -0.481 e. The van der Waals surface area contributed by atoms with E-state index in [4.69, 9.17) is 37.8 Å². The van der Waals surface area contributed by atoms with Gasteiger partial charge in [0.05, 0.1) is 18.7 Å². The number of carboxylic acid groups (broad SMARTS) is 1. The van der Waals surface area contributed by atoms with Gasteiger partial charge in [-0.15, -0.1) is 0 Å². The zero-order chi connectivity index (χ0) is 25.9. The Hall–Kier alpha value is -4.07. The van der Waals surface area contributed by atoms with E-state index >= 15 is 0 Å². The normalized spacial score (nSPS) is 11.1. The van der Waals surface area contributed by atoms with Crippen LogP contribution in [-0.4, -0.2) is 33.3 Å². The van der Waals surface area contributed by atoms with Crippen molar-refractivity contribution in [3.63, 3.8) is 0 Å². The first-order valence-electron chi connectivity index (χ1n) is 11.5. The van der Waals surface area contributed by atoms with Crippen LogP contribution in [0.15, 0.2) is 83.3 Å². The van der Waals surface area contributed by atoms with Crippen LogP contribution in [0, 0.1) is 0 Å². The van der Waals surface area contributed by atoms with Gasteiger partial charge in [-0.3, -0.25) is 14.3 Å². The Balaban J connectivity index is 1.46. The summed E-state index contributed by atoms with van der Waals surface area (Å²) in [5.74, 6) is -0.618. The number of carbonyl (C=O) groups is 2. The van der Waals surface area contributed by atoms with Gasteiger partial charge in [0.15, 0.2) is 5.76 Å². The third kappa shape index (κ3) is 5.69. The zero-order valence-corrected chi connectivity index (χ0v) is 21.0. The second-order valence-electron chi connectivity index (χ2n) is 8.48. The van der Waals surface area contributed by atoms with Crippen molar-refractivity contribution in [2.45, 2.75) is 13.0 Å². The van der Waals surface area contributed by atoms with Gasteiger partial charge in [-0.05, 0) is 54.1 Å². The first-order chi connectivity index (χ1) is 17.9.